The first-order chi connectivity index (χ1) is 18.0. The zero-order valence-corrected chi connectivity index (χ0v) is 21.2. The molecule has 3 aromatic carbocycles. The van der Waals surface area contributed by atoms with Crippen LogP contribution in [0.15, 0.2) is 78.9 Å². The van der Waals surface area contributed by atoms with Gasteiger partial charge in [0.25, 0.3) is 5.91 Å². The van der Waals surface area contributed by atoms with Gasteiger partial charge in [-0.1, -0.05) is 29.8 Å². The van der Waals surface area contributed by atoms with Crippen LogP contribution in [0.2, 0.25) is 5.02 Å². The number of hydrogen-bond donors (Lipinski definition) is 0. The molecule has 1 aromatic heterocycles. The quantitative estimate of drug-likeness (QED) is 0.263. The molecule has 0 saturated carbocycles. The molecule has 8 heteroatoms. The fourth-order valence-electron chi connectivity index (χ4n) is 4.40. The van der Waals surface area contributed by atoms with Crippen LogP contribution in [-0.4, -0.2) is 39.8 Å². The first-order valence-corrected chi connectivity index (χ1v) is 12.6. The van der Waals surface area contributed by atoms with Crippen LogP contribution in [0.3, 0.4) is 0 Å². The summed E-state index contributed by atoms with van der Waals surface area (Å²) < 4.78 is 27.5. The van der Waals surface area contributed by atoms with Gasteiger partial charge in [0.2, 0.25) is 5.88 Å². The van der Waals surface area contributed by atoms with E-state index in [0.717, 1.165) is 29.8 Å². The topological polar surface area (TPSA) is 56.6 Å². The Morgan fingerprint density at radius 1 is 1.11 bits per heavy atom. The van der Waals surface area contributed by atoms with E-state index >= 15 is 0 Å². The maximum Gasteiger partial charge on any atom is 0.254 e. The van der Waals surface area contributed by atoms with E-state index in [4.69, 9.17) is 26.2 Å². The zero-order chi connectivity index (χ0) is 25.8. The van der Waals surface area contributed by atoms with E-state index in [9.17, 15) is 9.18 Å². The molecule has 2 heterocycles. The lowest BCUT2D eigenvalue weighted by atomic mass is 10.1. The van der Waals surface area contributed by atoms with Crippen LogP contribution in [-0.2, 0) is 11.3 Å². The van der Waals surface area contributed by atoms with E-state index in [1.165, 1.54) is 24.3 Å². The third kappa shape index (κ3) is 5.84. The number of rotatable bonds is 8. The third-order valence-electron chi connectivity index (χ3n) is 6.34. The molecule has 1 amide bonds. The molecule has 0 bridgehead atoms. The van der Waals surface area contributed by atoms with Gasteiger partial charge in [-0.2, -0.15) is 5.10 Å². The molecule has 1 aliphatic rings. The van der Waals surface area contributed by atoms with Crippen molar-refractivity contribution in [2.75, 3.05) is 13.2 Å². The normalized spacial score (nSPS) is 15.1. The van der Waals surface area contributed by atoms with E-state index < -0.39 is 0 Å². The molecule has 190 valence electrons. The summed E-state index contributed by atoms with van der Waals surface area (Å²) in [5.74, 6) is 0.560. The number of halogens is 2. The van der Waals surface area contributed by atoms with Crippen molar-refractivity contribution in [1.82, 2.24) is 14.7 Å². The monoisotopic (exact) mass is 519 g/mol. The molecule has 1 aliphatic heterocycles. The van der Waals surface area contributed by atoms with Gasteiger partial charge in [0.1, 0.15) is 11.6 Å². The maximum atomic E-state index is 13.6. The number of carbonyl (C=O) groups excluding carboxylic acids is 1. The number of hydrogen-bond acceptors (Lipinski definition) is 4. The molecule has 0 unspecified atom stereocenters. The highest BCUT2D eigenvalue weighted by Gasteiger charge is 2.28. The van der Waals surface area contributed by atoms with Gasteiger partial charge < -0.3 is 14.4 Å². The summed E-state index contributed by atoms with van der Waals surface area (Å²) in [5.41, 5.74) is 2.69. The van der Waals surface area contributed by atoms with Crippen molar-refractivity contribution in [2.24, 2.45) is 0 Å². The van der Waals surface area contributed by atoms with E-state index in [1.807, 2.05) is 49.4 Å². The lowest BCUT2D eigenvalue weighted by Gasteiger charge is -2.26. The van der Waals surface area contributed by atoms with Gasteiger partial charge >= 0.3 is 0 Å². The SMILES string of the molecule is Cc1nn(-c2ccc(Cl)cc2)c(Oc2ccccc2)c1CN(C[C@H]1CCCO1)C(=O)c1ccc(F)cc1. The second-order valence-electron chi connectivity index (χ2n) is 9.00. The Hall–Kier alpha value is -3.68. The molecule has 6 nitrogen and oxygen atoms in total. The standard InChI is InChI=1S/C29H27ClFN3O3/c1-20-27(19-33(18-26-8-5-17-36-26)28(35)21-9-13-23(31)14-10-21)29(37-25-6-3-2-4-7-25)34(32-20)24-15-11-22(30)12-16-24/h2-4,6-7,9-16,26H,5,8,17-19H2,1H3/t26-/m1/s1. The number of para-hydroxylation sites is 1. The van der Waals surface area contributed by atoms with Crippen molar-refractivity contribution in [3.63, 3.8) is 0 Å². The van der Waals surface area contributed by atoms with Crippen LogP contribution in [0.4, 0.5) is 4.39 Å². The Bertz CT molecular complexity index is 1350. The number of aromatic nitrogens is 2. The molecule has 0 spiro atoms. The van der Waals surface area contributed by atoms with Gasteiger partial charge in [-0.3, -0.25) is 4.79 Å². The number of amides is 1. The highest BCUT2D eigenvalue weighted by atomic mass is 35.5. The Morgan fingerprint density at radius 3 is 2.51 bits per heavy atom. The predicted octanol–water partition coefficient (Wildman–Crippen LogP) is 6.59. The summed E-state index contributed by atoms with van der Waals surface area (Å²) >= 11 is 6.12. The summed E-state index contributed by atoms with van der Waals surface area (Å²) in [4.78, 5) is 15.3. The van der Waals surface area contributed by atoms with E-state index in [-0.39, 0.29) is 24.4 Å². The minimum atomic E-state index is -0.388. The van der Waals surface area contributed by atoms with Crippen LogP contribution >= 0.6 is 11.6 Å². The average molecular weight is 520 g/mol. The number of ether oxygens (including phenoxy) is 2. The summed E-state index contributed by atoms with van der Waals surface area (Å²) in [5, 5.41) is 5.38. The molecule has 0 radical (unpaired) electrons. The maximum absolute atomic E-state index is 13.6. The lowest BCUT2D eigenvalue weighted by Crippen LogP contribution is -2.37. The molecule has 4 aromatic rings. The van der Waals surface area contributed by atoms with Gasteiger partial charge in [-0.15, -0.1) is 0 Å². The number of aryl methyl sites for hydroxylation is 1. The first kappa shape index (κ1) is 25.0. The molecule has 5 rings (SSSR count). The molecule has 37 heavy (non-hydrogen) atoms. The van der Waals surface area contributed by atoms with E-state index in [1.54, 1.807) is 21.7 Å². The lowest BCUT2D eigenvalue weighted by molar-refractivity contribution is 0.0505. The second-order valence-corrected chi connectivity index (χ2v) is 9.44. The molecule has 0 N–H and O–H groups in total. The Balaban J connectivity index is 1.54. The molecule has 1 saturated heterocycles. The molecule has 1 fully saturated rings. The Morgan fingerprint density at radius 2 is 1.84 bits per heavy atom. The Labute approximate surface area is 220 Å². The fraction of sp³-hybridized carbons (Fsp3) is 0.241. The van der Waals surface area contributed by atoms with Crippen molar-refractivity contribution in [2.45, 2.75) is 32.4 Å². The van der Waals surface area contributed by atoms with Gasteiger partial charge in [0.15, 0.2) is 0 Å². The smallest absolute Gasteiger partial charge is 0.254 e. The number of carbonyl (C=O) groups is 1. The average Bonchev–Trinajstić information content (AvgIpc) is 3.53. The fourth-order valence-corrected chi connectivity index (χ4v) is 4.53. The molecule has 0 aliphatic carbocycles. The van der Waals surface area contributed by atoms with Crippen molar-refractivity contribution in [3.05, 3.63) is 107 Å². The Kier molecular flexibility index (Phi) is 7.53. The van der Waals surface area contributed by atoms with Crippen molar-refractivity contribution in [3.8, 4) is 17.3 Å². The van der Waals surface area contributed by atoms with Crippen LogP contribution < -0.4 is 4.74 Å². The van der Waals surface area contributed by atoms with Crippen molar-refractivity contribution < 1.29 is 18.7 Å². The predicted molar refractivity (Wildman–Crippen MR) is 140 cm³/mol. The summed E-state index contributed by atoms with van der Waals surface area (Å²) in [6, 6.07) is 22.4. The molecule has 1 atom stereocenters. The summed E-state index contributed by atoms with van der Waals surface area (Å²) in [6.07, 6.45) is 1.78. The van der Waals surface area contributed by atoms with Crippen LogP contribution in [0.25, 0.3) is 5.69 Å². The second kappa shape index (κ2) is 11.2. The van der Waals surface area contributed by atoms with Crippen LogP contribution in [0, 0.1) is 12.7 Å². The summed E-state index contributed by atoms with van der Waals surface area (Å²) in [7, 11) is 0. The molecular weight excluding hydrogens is 493 g/mol. The minimum absolute atomic E-state index is 0.0606. The van der Waals surface area contributed by atoms with Gasteiger partial charge in [0, 0.05) is 23.7 Å². The van der Waals surface area contributed by atoms with Gasteiger partial charge in [-0.25, -0.2) is 9.07 Å². The zero-order valence-electron chi connectivity index (χ0n) is 20.4. The largest absolute Gasteiger partial charge is 0.439 e. The van der Waals surface area contributed by atoms with Crippen LogP contribution in [0.1, 0.15) is 34.5 Å². The minimum Gasteiger partial charge on any atom is -0.439 e. The summed E-state index contributed by atoms with van der Waals surface area (Å²) in [6.45, 7) is 3.23. The number of benzene rings is 3. The van der Waals surface area contributed by atoms with Crippen molar-refractivity contribution in [1.29, 1.82) is 0 Å². The van der Waals surface area contributed by atoms with E-state index in [0.29, 0.717) is 35.4 Å². The highest BCUT2D eigenvalue weighted by molar-refractivity contribution is 6.30. The van der Waals surface area contributed by atoms with Crippen molar-refractivity contribution >= 4 is 17.5 Å². The van der Waals surface area contributed by atoms with Gasteiger partial charge in [0.05, 0.1) is 29.6 Å². The molecular formula is C29H27ClFN3O3. The highest BCUT2D eigenvalue weighted by Crippen LogP contribution is 2.32. The van der Waals surface area contributed by atoms with Crippen LogP contribution in [0.5, 0.6) is 11.6 Å². The van der Waals surface area contributed by atoms with E-state index in [2.05, 4.69) is 0 Å². The van der Waals surface area contributed by atoms with Gasteiger partial charge in [-0.05, 0) is 80.4 Å². The third-order valence-corrected chi connectivity index (χ3v) is 6.59. The first-order valence-electron chi connectivity index (χ1n) is 12.2. The number of nitrogens with zero attached hydrogens (tertiary/aromatic N) is 3.